The van der Waals surface area contributed by atoms with Crippen molar-refractivity contribution < 1.29 is 16.8 Å². The van der Waals surface area contributed by atoms with Crippen LogP contribution < -0.4 is 5.73 Å². The summed E-state index contributed by atoms with van der Waals surface area (Å²) in [6.07, 6.45) is 0. The Morgan fingerprint density at radius 3 is 2.11 bits per heavy atom. The van der Waals surface area contributed by atoms with Gasteiger partial charge >= 0.3 is 0 Å². The molecule has 2 rings (SSSR count). The molecule has 0 radical (unpaired) electrons. The Balaban J connectivity index is 2.22. The van der Waals surface area contributed by atoms with Crippen molar-refractivity contribution in [3.63, 3.8) is 0 Å². The van der Waals surface area contributed by atoms with Gasteiger partial charge < -0.3 is 5.73 Å². The van der Waals surface area contributed by atoms with Crippen molar-refractivity contribution in [2.45, 2.75) is 11.4 Å². The summed E-state index contributed by atoms with van der Waals surface area (Å²) in [6, 6.07) is 6.32. The summed E-state index contributed by atoms with van der Waals surface area (Å²) in [7, 11) is -6.70. The lowest BCUT2D eigenvalue weighted by molar-refractivity contribution is 0.431. The molecule has 0 aliphatic carbocycles. The van der Waals surface area contributed by atoms with E-state index in [0.29, 0.717) is 6.54 Å². The topological polar surface area (TPSA) is 97.5 Å². The van der Waals surface area contributed by atoms with Gasteiger partial charge in [-0.3, -0.25) is 0 Å². The monoisotopic (exact) mass is 304 g/mol. The van der Waals surface area contributed by atoms with Crippen LogP contribution in [0.3, 0.4) is 0 Å². The summed E-state index contributed by atoms with van der Waals surface area (Å²) in [5.41, 5.74) is 6.30. The average Bonchev–Trinajstić information content (AvgIpc) is 2.38. The Hall–Kier alpha value is -0.960. The smallest absolute Gasteiger partial charge is 0.243 e. The van der Waals surface area contributed by atoms with E-state index >= 15 is 0 Å². The minimum atomic E-state index is -3.61. The lowest BCUT2D eigenvalue weighted by atomic mass is 10.2. The molecule has 19 heavy (non-hydrogen) atoms. The highest BCUT2D eigenvalue weighted by molar-refractivity contribution is 7.92. The third-order valence-corrected chi connectivity index (χ3v) is 6.62. The van der Waals surface area contributed by atoms with Gasteiger partial charge in [-0.05, 0) is 17.7 Å². The van der Waals surface area contributed by atoms with Crippen LogP contribution in [-0.4, -0.2) is 45.7 Å². The van der Waals surface area contributed by atoms with Crippen molar-refractivity contribution in [3.8, 4) is 0 Å². The van der Waals surface area contributed by atoms with Crippen LogP contribution in [0.1, 0.15) is 5.56 Å². The van der Waals surface area contributed by atoms with Gasteiger partial charge in [0.25, 0.3) is 0 Å². The first-order chi connectivity index (χ1) is 8.85. The molecule has 6 nitrogen and oxygen atoms in total. The van der Waals surface area contributed by atoms with Crippen molar-refractivity contribution in [2.75, 3.05) is 24.6 Å². The first-order valence-corrected chi connectivity index (χ1v) is 9.11. The van der Waals surface area contributed by atoms with Crippen molar-refractivity contribution in [1.29, 1.82) is 0 Å². The number of hydrogen-bond donors (Lipinski definition) is 1. The fourth-order valence-electron chi connectivity index (χ4n) is 1.88. The van der Waals surface area contributed by atoms with E-state index in [9.17, 15) is 16.8 Å². The van der Waals surface area contributed by atoms with E-state index in [2.05, 4.69) is 0 Å². The largest absolute Gasteiger partial charge is 0.326 e. The highest BCUT2D eigenvalue weighted by Crippen LogP contribution is 2.18. The minimum absolute atomic E-state index is 0.0172. The van der Waals surface area contributed by atoms with E-state index < -0.39 is 19.9 Å². The Morgan fingerprint density at radius 1 is 1.11 bits per heavy atom. The van der Waals surface area contributed by atoms with Crippen molar-refractivity contribution in [1.82, 2.24) is 4.31 Å². The quantitative estimate of drug-likeness (QED) is 0.817. The molecule has 0 aromatic heterocycles. The van der Waals surface area contributed by atoms with Gasteiger partial charge in [0.2, 0.25) is 10.0 Å². The summed E-state index contributed by atoms with van der Waals surface area (Å²) in [4.78, 5) is 0.170. The first-order valence-electron chi connectivity index (χ1n) is 5.85. The molecule has 106 valence electrons. The molecule has 1 aromatic rings. The molecule has 0 spiro atoms. The normalized spacial score (nSPS) is 20.3. The summed E-state index contributed by atoms with van der Waals surface area (Å²) >= 11 is 0. The Kier molecular flexibility index (Phi) is 3.95. The fraction of sp³-hybridized carbons (Fsp3) is 0.455. The SMILES string of the molecule is NCc1ccc(S(=O)(=O)N2CCS(=O)(=O)CC2)cc1. The van der Waals surface area contributed by atoms with Gasteiger partial charge in [-0.25, -0.2) is 16.8 Å². The first kappa shape index (κ1) is 14.4. The summed E-state index contributed by atoms with van der Waals surface area (Å²) < 4.78 is 48.4. The van der Waals surface area contributed by atoms with Gasteiger partial charge in [-0.2, -0.15) is 4.31 Å². The fourth-order valence-corrected chi connectivity index (χ4v) is 4.76. The number of sulfonamides is 1. The van der Waals surface area contributed by atoms with Gasteiger partial charge in [0, 0.05) is 19.6 Å². The summed E-state index contributed by atoms with van der Waals surface area (Å²) in [5.74, 6) is -0.236. The van der Waals surface area contributed by atoms with Gasteiger partial charge in [0.1, 0.15) is 0 Å². The van der Waals surface area contributed by atoms with Gasteiger partial charge in [-0.15, -0.1) is 0 Å². The second kappa shape index (κ2) is 5.20. The van der Waals surface area contributed by atoms with E-state index in [1.807, 2.05) is 0 Å². The third-order valence-electron chi connectivity index (χ3n) is 3.10. The van der Waals surface area contributed by atoms with E-state index in [-0.39, 0.29) is 29.5 Å². The number of hydrogen-bond acceptors (Lipinski definition) is 5. The maximum absolute atomic E-state index is 12.3. The molecule has 2 N–H and O–H groups in total. The van der Waals surface area contributed by atoms with Crippen molar-refractivity contribution in [2.24, 2.45) is 5.73 Å². The van der Waals surface area contributed by atoms with Crippen LogP contribution >= 0.6 is 0 Å². The Labute approximate surface area is 113 Å². The lowest BCUT2D eigenvalue weighted by Crippen LogP contribution is -2.43. The van der Waals surface area contributed by atoms with Gasteiger partial charge in [0.15, 0.2) is 9.84 Å². The molecule has 1 fully saturated rings. The maximum atomic E-state index is 12.3. The molecular formula is C11H16N2O4S2. The van der Waals surface area contributed by atoms with Crippen LogP contribution in [0.2, 0.25) is 0 Å². The number of sulfone groups is 1. The zero-order valence-electron chi connectivity index (χ0n) is 10.3. The number of benzene rings is 1. The maximum Gasteiger partial charge on any atom is 0.243 e. The van der Waals surface area contributed by atoms with Gasteiger partial charge in [0.05, 0.1) is 16.4 Å². The van der Waals surface area contributed by atoms with Crippen molar-refractivity contribution in [3.05, 3.63) is 29.8 Å². The van der Waals surface area contributed by atoms with Crippen LogP contribution in [0.5, 0.6) is 0 Å². The summed E-state index contributed by atoms with van der Waals surface area (Å²) in [6.45, 7) is 0.384. The molecule has 0 amide bonds. The molecule has 1 saturated heterocycles. The van der Waals surface area contributed by atoms with Crippen LogP contribution in [0.25, 0.3) is 0 Å². The van der Waals surface area contributed by atoms with E-state index in [1.165, 1.54) is 16.4 Å². The second-order valence-electron chi connectivity index (χ2n) is 4.40. The van der Waals surface area contributed by atoms with E-state index in [1.54, 1.807) is 12.1 Å². The minimum Gasteiger partial charge on any atom is -0.326 e. The highest BCUT2D eigenvalue weighted by atomic mass is 32.2. The molecule has 1 aliphatic rings. The Morgan fingerprint density at radius 2 is 1.63 bits per heavy atom. The predicted octanol–water partition coefficient (Wildman–Crippen LogP) is -0.436. The molecule has 1 aliphatic heterocycles. The van der Waals surface area contributed by atoms with Crippen LogP contribution in [0.4, 0.5) is 0 Å². The molecule has 1 heterocycles. The number of nitrogens with two attached hydrogens (primary N) is 1. The summed E-state index contributed by atoms with van der Waals surface area (Å²) in [5, 5.41) is 0. The molecule has 0 saturated carbocycles. The van der Waals surface area contributed by atoms with Gasteiger partial charge in [-0.1, -0.05) is 12.1 Å². The standard InChI is InChI=1S/C11H16N2O4S2/c12-9-10-1-3-11(4-2-10)19(16,17)13-5-7-18(14,15)8-6-13/h1-4H,5-9,12H2. The lowest BCUT2D eigenvalue weighted by Gasteiger charge is -2.25. The highest BCUT2D eigenvalue weighted by Gasteiger charge is 2.30. The third kappa shape index (κ3) is 3.14. The van der Waals surface area contributed by atoms with Crippen LogP contribution in [0.15, 0.2) is 29.2 Å². The average molecular weight is 304 g/mol. The van der Waals surface area contributed by atoms with E-state index in [4.69, 9.17) is 5.73 Å². The van der Waals surface area contributed by atoms with E-state index in [0.717, 1.165) is 5.56 Å². The molecule has 0 unspecified atom stereocenters. The predicted molar refractivity (Wildman–Crippen MR) is 71.7 cm³/mol. The zero-order chi connectivity index (χ0) is 14.1. The number of rotatable bonds is 3. The molecule has 0 atom stereocenters. The van der Waals surface area contributed by atoms with Crippen LogP contribution in [0, 0.1) is 0 Å². The van der Waals surface area contributed by atoms with Crippen LogP contribution in [-0.2, 0) is 26.4 Å². The zero-order valence-corrected chi connectivity index (χ0v) is 12.0. The molecule has 1 aromatic carbocycles. The van der Waals surface area contributed by atoms with Crippen molar-refractivity contribution >= 4 is 19.9 Å². The Bertz CT molecular complexity index is 636. The number of nitrogens with zero attached hydrogens (tertiary/aromatic N) is 1. The molecule has 0 bridgehead atoms. The molecule has 8 heteroatoms. The second-order valence-corrected chi connectivity index (χ2v) is 8.65. The molecular weight excluding hydrogens is 288 g/mol.